The Morgan fingerprint density at radius 2 is 1.67 bits per heavy atom. The molecule has 0 saturated carbocycles. The second-order valence-electron chi connectivity index (χ2n) is 2.56. The minimum atomic E-state index is 0. The van der Waals surface area contributed by atoms with Crippen molar-refractivity contribution in [1.29, 1.82) is 0 Å². The first kappa shape index (κ1) is 11.8. The van der Waals surface area contributed by atoms with E-state index in [4.69, 9.17) is 5.84 Å². The standard InChI is InChI=1S/C8H11BrN2.ClH/c1-5-3-7(9)4-6(2)8(5)11-10;/h3-4,11H,10H2,1-2H3;1H. The number of anilines is 1. The highest BCUT2D eigenvalue weighted by Gasteiger charge is 2.00. The fourth-order valence-electron chi connectivity index (χ4n) is 1.14. The molecule has 1 rings (SSSR count). The Morgan fingerprint density at radius 1 is 1.25 bits per heavy atom. The molecule has 1 aromatic rings. The maximum Gasteiger partial charge on any atom is 0.0544 e. The Hall–Kier alpha value is -0.250. The van der Waals surface area contributed by atoms with E-state index in [-0.39, 0.29) is 12.4 Å². The number of benzene rings is 1. The summed E-state index contributed by atoms with van der Waals surface area (Å²) in [5.41, 5.74) is 5.98. The summed E-state index contributed by atoms with van der Waals surface area (Å²) in [4.78, 5) is 0. The summed E-state index contributed by atoms with van der Waals surface area (Å²) in [7, 11) is 0. The van der Waals surface area contributed by atoms with Crippen molar-refractivity contribution in [2.45, 2.75) is 13.8 Å². The van der Waals surface area contributed by atoms with Gasteiger partial charge in [-0.15, -0.1) is 12.4 Å². The summed E-state index contributed by atoms with van der Waals surface area (Å²) in [6, 6.07) is 4.06. The Kier molecular flexibility index (Phi) is 4.60. The predicted octanol–water partition coefficient (Wildman–Crippen LogP) is 2.77. The zero-order valence-electron chi connectivity index (χ0n) is 7.02. The first-order chi connectivity index (χ1) is 5.15. The van der Waals surface area contributed by atoms with Crippen molar-refractivity contribution in [3.05, 3.63) is 27.7 Å². The van der Waals surface area contributed by atoms with Gasteiger partial charge < -0.3 is 5.43 Å². The van der Waals surface area contributed by atoms with E-state index in [9.17, 15) is 0 Å². The molecule has 0 spiro atoms. The lowest BCUT2D eigenvalue weighted by atomic mass is 10.1. The number of halogens is 2. The molecular formula is C8H12BrClN2. The minimum Gasteiger partial charge on any atom is -0.324 e. The highest BCUT2D eigenvalue weighted by Crippen LogP contribution is 2.23. The van der Waals surface area contributed by atoms with Gasteiger partial charge in [0.2, 0.25) is 0 Å². The molecule has 0 amide bonds. The maximum atomic E-state index is 5.34. The molecule has 0 unspecified atom stereocenters. The third kappa shape index (κ3) is 2.37. The van der Waals surface area contributed by atoms with E-state index in [1.54, 1.807) is 0 Å². The number of hydrazine groups is 1. The second-order valence-corrected chi connectivity index (χ2v) is 3.47. The number of nitrogens with one attached hydrogen (secondary N) is 1. The van der Waals surface area contributed by atoms with Crippen molar-refractivity contribution < 1.29 is 0 Å². The van der Waals surface area contributed by atoms with Crippen LogP contribution in [0.1, 0.15) is 11.1 Å². The van der Waals surface area contributed by atoms with Gasteiger partial charge in [-0.1, -0.05) is 15.9 Å². The van der Waals surface area contributed by atoms with Crippen LogP contribution >= 0.6 is 28.3 Å². The fourth-order valence-corrected chi connectivity index (χ4v) is 1.83. The molecule has 1 aromatic carbocycles. The summed E-state index contributed by atoms with van der Waals surface area (Å²) in [6.45, 7) is 4.04. The third-order valence-electron chi connectivity index (χ3n) is 1.64. The Labute approximate surface area is 87.0 Å². The van der Waals surface area contributed by atoms with Gasteiger partial charge in [-0.05, 0) is 37.1 Å². The van der Waals surface area contributed by atoms with Gasteiger partial charge in [-0.2, -0.15) is 0 Å². The molecule has 0 bridgehead atoms. The average Bonchev–Trinajstić information content (AvgIpc) is 1.85. The van der Waals surface area contributed by atoms with Gasteiger partial charge in [0, 0.05) is 4.47 Å². The van der Waals surface area contributed by atoms with E-state index in [1.165, 1.54) is 0 Å². The molecule has 0 atom stereocenters. The molecule has 4 heteroatoms. The van der Waals surface area contributed by atoms with Crippen molar-refractivity contribution in [2.75, 3.05) is 5.43 Å². The van der Waals surface area contributed by atoms with Crippen molar-refractivity contribution >= 4 is 34.0 Å². The zero-order chi connectivity index (χ0) is 8.43. The van der Waals surface area contributed by atoms with Gasteiger partial charge in [0.25, 0.3) is 0 Å². The molecule has 0 saturated heterocycles. The van der Waals surface area contributed by atoms with Crippen molar-refractivity contribution in [1.82, 2.24) is 0 Å². The van der Waals surface area contributed by atoms with Gasteiger partial charge in [-0.25, -0.2) is 0 Å². The van der Waals surface area contributed by atoms with Gasteiger partial charge in [-0.3, -0.25) is 5.84 Å². The summed E-state index contributed by atoms with van der Waals surface area (Å²) in [6.07, 6.45) is 0. The minimum absolute atomic E-state index is 0. The van der Waals surface area contributed by atoms with E-state index in [0.29, 0.717) is 0 Å². The lowest BCUT2D eigenvalue weighted by Crippen LogP contribution is -2.09. The van der Waals surface area contributed by atoms with Crippen LogP contribution in [-0.2, 0) is 0 Å². The molecule has 3 N–H and O–H groups in total. The highest BCUT2D eigenvalue weighted by atomic mass is 79.9. The van der Waals surface area contributed by atoms with Gasteiger partial charge in [0.05, 0.1) is 5.69 Å². The van der Waals surface area contributed by atoms with Crippen LogP contribution in [0.25, 0.3) is 0 Å². The summed E-state index contributed by atoms with van der Waals surface area (Å²) < 4.78 is 1.09. The monoisotopic (exact) mass is 250 g/mol. The molecule has 2 nitrogen and oxygen atoms in total. The quantitative estimate of drug-likeness (QED) is 0.595. The summed E-state index contributed by atoms with van der Waals surface area (Å²) >= 11 is 3.41. The number of hydrogen-bond donors (Lipinski definition) is 2. The SMILES string of the molecule is Cc1cc(Br)cc(C)c1NN.Cl. The van der Waals surface area contributed by atoms with Crippen LogP contribution in [0.5, 0.6) is 0 Å². The smallest absolute Gasteiger partial charge is 0.0544 e. The zero-order valence-corrected chi connectivity index (χ0v) is 9.42. The number of nitrogens with two attached hydrogens (primary N) is 1. The van der Waals surface area contributed by atoms with Crippen LogP contribution in [0, 0.1) is 13.8 Å². The van der Waals surface area contributed by atoms with E-state index in [1.807, 2.05) is 26.0 Å². The van der Waals surface area contributed by atoms with E-state index in [2.05, 4.69) is 21.4 Å². The number of hydrogen-bond acceptors (Lipinski definition) is 2. The number of rotatable bonds is 1. The normalized spacial score (nSPS) is 9.00. The molecule has 12 heavy (non-hydrogen) atoms. The van der Waals surface area contributed by atoms with Gasteiger partial charge >= 0.3 is 0 Å². The van der Waals surface area contributed by atoms with E-state index >= 15 is 0 Å². The van der Waals surface area contributed by atoms with Crippen LogP contribution < -0.4 is 11.3 Å². The summed E-state index contributed by atoms with van der Waals surface area (Å²) in [5.74, 6) is 5.34. The highest BCUT2D eigenvalue weighted by molar-refractivity contribution is 9.10. The van der Waals surface area contributed by atoms with Crippen LogP contribution in [0.15, 0.2) is 16.6 Å². The van der Waals surface area contributed by atoms with Gasteiger partial charge in [0.1, 0.15) is 0 Å². The predicted molar refractivity (Wildman–Crippen MR) is 58.7 cm³/mol. The lowest BCUT2D eigenvalue weighted by molar-refractivity contribution is 1.26. The molecule has 0 aliphatic rings. The average molecular weight is 252 g/mol. The first-order valence-electron chi connectivity index (χ1n) is 3.38. The fraction of sp³-hybridized carbons (Fsp3) is 0.250. The van der Waals surface area contributed by atoms with Crippen LogP contribution in [0.3, 0.4) is 0 Å². The largest absolute Gasteiger partial charge is 0.324 e. The molecule has 0 radical (unpaired) electrons. The van der Waals surface area contributed by atoms with E-state index < -0.39 is 0 Å². The number of nitrogen functional groups attached to an aromatic ring is 1. The molecule has 0 aliphatic heterocycles. The first-order valence-corrected chi connectivity index (χ1v) is 4.18. The molecule has 0 aliphatic carbocycles. The maximum absolute atomic E-state index is 5.34. The Morgan fingerprint density at radius 3 is 2.00 bits per heavy atom. The van der Waals surface area contributed by atoms with Crippen molar-refractivity contribution in [3.63, 3.8) is 0 Å². The third-order valence-corrected chi connectivity index (χ3v) is 2.10. The van der Waals surface area contributed by atoms with E-state index in [0.717, 1.165) is 21.3 Å². The Balaban J connectivity index is 0.00000121. The molecule has 0 heterocycles. The second kappa shape index (κ2) is 4.70. The molecule has 0 aromatic heterocycles. The van der Waals surface area contributed by atoms with Crippen molar-refractivity contribution in [3.8, 4) is 0 Å². The Bertz CT molecular complexity index is 253. The van der Waals surface area contributed by atoms with Crippen LogP contribution in [0.2, 0.25) is 0 Å². The lowest BCUT2D eigenvalue weighted by Gasteiger charge is -2.08. The van der Waals surface area contributed by atoms with Crippen LogP contribution in [0.4, 0.5) is 5.69 Å². The number of aryl methyl sites for hydroxylation is 2. The molecule has 0 fully saturated rings. The summed E-state index contributed by atoms with van der Waals surface area (Å²) in [5, 5.41) is 0. The molecule has 68 valence electrons. The molecular weight excluding hydrogens is 239 g/mol. The van der Waals surface area contributed by atoms with Gasteiger partial charge in [0.15, 0.2) is 0 Å². The van der Waals surface area contributed by atoms with Crippen molar-refractivity contribution in [2.24, 2.45) is 5.84 Å². The topological polar surface area (TPSA) is 38.0 Å². The van der Waals surface area contributed by atoms with Crippen LogP contribution in [-0.4, -0.2) is 0 Å².